The number of nitrogens with one attached hydrogen (secondary N) is 3. The molecule has 1 aliphatic carbocycles. The molecule has 1 aromatic heterocycles. The Morgan fingerprint density at radius 3 is 2.70 bits per heavy atom. The van der Waals surface area contributed by atoms with Crippen LogP contribution in [-0.2, 0) is 0 Å². The van der Waals surface area contributed by atoms with Crippen LogP contribution in [0.1, 0.15) is 48.8 Å². The number of rotatable bonds is 3. The lowest BCUT2D eigenvalue weighted by molar-refractivity contribution is 0.0692. The first kappa shape index (κ1) is 14.4. The summed E-state index contributed by atoms with van der Waals surface area (Å²) in [5.74, 6) is -0.624. The highest BCUT2D eigenvalue weighted by atomic mass is 16.4. The van der Waals surface area contributed by atoms with E-state index in [4.69, 9.17) is 5.11 Å². The molecule has 0 spiro atoms. The molecule has 1 heterocycles. The Kier molecular flexibility index (Phi) is 4.32. The Bertz CT molecular complexity index is 510. The summed E-state index contributed by atoms with van der Waals surface area (Å²) in [6.45, 7) is 3.88. The average molecular weight is 279 g/mol. The van der Waals surface area contributed by atoms with E-state index in [1.54, 1.807) is 13.0 Å². The minimum absolute atomic E-state index is 0.00865. The molecule has 0 aromatic carbocycles. The Morgan fingerprint density at radius 1 is 1.35 bits per heavy atom. The Morgan fingerprint density at radius 2 is 2.05 bits per heavy atom. The van der Waals surface area contributed by atoms with Crippen LogP contribution in [0.25, 0.3) is 0 Å². The minimum atomic E-state index is -1.08. The summed E-state index contributed by atoms with van der Waals surface area (Å²) in [7, 11) is 0. The summed E-state index contributed by atoms with van der Waals surface area (Å²) >= 11 is 0. The number of carbonyl (C=O) groups is 2. The summed E-state index contributed by atoms with van der Waals surface area (Å²) in [6, 6.07) is 1.44. The molecule has 0 aliphatic heterocycles. The molecule has 2 unspecified atom stereocenters. The topological polar surface area (TPSA) is 94.2 Å². The fourth-order valence-electron chi connectivity index (χ4n) is 2.71. The van der Waals surface area contributed by atoms with Crippen molar-refractivity contribution in [2.45, 2.75) is 45.6 Å². The summed E-state index contributed by atoms with van der Waals surface area (Å²) in [6.07, 6.45) is 4.43. The lowest BCUT2D eigenvalue weighted by Crippen LogP contribution is -2.43. The summed E-state index contributed by atoms with van der Waals surface area (Å²) < 4.78 is 0. The van der Waals surface area contributed by atoms with Crippen LogP contribution in [0.3, 0.4) is 0 Å². The summed E-state index contributed by atoms with van der Waals surface area (Å²) in [5.41, 5.74) is 1.01. The highest BCUT2D eigenvalue weighted by Gasteiger charge is 2.23. The van der Waals surface area contributed by atoms with Gasteiger partial charge in [-0.05, 0) is 31.7 Å². The highest BCUT2D eigenvalue weighted by molar-refractivity contribution is 5.99. The van der Waals surface area contributed by atoms with Crippen LogP contribution in [0.4, 0.5) is 10.5 Å². The van der Waals surface area contributed by atoms with Crippen LogP contribution in [0.15, 0.2) is 6.07 Å². The second-order valence-corrected chi connectivity index (χ2v) is 5.51. The van der Waals surface area contributed by atoms with Gasteiger partial charge in [0.1, 0.15) is 5.69 Å². The maximum absolute atomic E-state index is 12.0. The molecule has 110 valence electrons. The monoisotopic (exact) mass is 279 g/mol. The quantitative estimate of drug-likeness (QED) is 0.685. The molecule has 20 heavy (non-hydrogen) atoms. The molecule has 1 fully saturated rings. The first-order valence-electron chi connectivity index (χ1n) is 6.98. The third-order valence-corrected chi connectivity index (χ3v) is 3.84. The van der Waals surface area contributed by atoms with Gasteiger partial charge in [-0.15, -0.1) is 0 Å². The van der Waals surface area contributed by atoms with Crippen molar-refractivity contribution < 1.29 is 14.7 Å². The number of H-pyrrole nitrogens is 1. The number of anilines is 1. The van der Waals surface area contributed by atoms with E-state index in [1.165, 1.54) is 6.42 Å². The van der Waals surface area contributed by atoms with E-state index in [2.05, 4.69) is 22.5 Å². The number of carboxylic acid groups (broad SMARTS) is 1. The molecular weight excluding hydrogens is 258 g/mol. The molecular formula is C14H21N3O3. The van der Waals surface area contributed by atoms with E-state index >= 15 is 0 Å². The van der Waals surface area contributed by atoms with Crippen LogP contribution >= 0.6 is 0 Å². The molecule has 6 nitrogen and oxygen atoms in total. The predicted molar refractivity (Wildman–Crippen MR) is 76.1 cm³/mol. The van der Waals surface area contributed by atoms with Crippen LogP contribution in [0.5, 0.6) is 0 Å². The second kappa shape index (κ2) is 5.98. The number of amides is 2. The number of aromatic carboxylic acids is 1. The van der Waals surface area contributed by atoms with Gasteiger partial charge in [0.2, 0.25) is 0 Å². The number of aryl methyl sites for hydroxylation is 1. The van der Waals surface area contributed by atoms with Gasteiger partial charge < -0.3 is 20.7 Å². The first-order chi connectivity index (χ1) is 9.47. The second-order valence-electron chi connectivity index (χ2n) is 5.51. The largest absolute Gasteiger partial charge is 0.477 e. The predicted octanol–water partition coefficient (Wildman–Crippen LogP) is 2.72. The average Bonchev–Trinajstić information content (AvgIpc) is 2.73. The smallest absolute Gasteiger partial charge is 0.354 e. The van der Waals surface area contributed by atoms with E-state index in [0.717, 1.165) is 19.3 Å². The van der Waals surface area contributed by atoms with Gasteiger partial charge in [0.05, 0.1) is 5.69 Å². The first-order valence-corrected chi connectivity index (χ1v) is 6.98. The molecule has 1 aromatic rings. The zero-order valence-corrected chi connectivity index (χ0v) is 11.8. The summed E-state index contributed by atoms with van der Waals surface area (Å²) in [4.78, 5) is 25.8. The van der Waals surface area contributed by atoms with Gasteiger partial charge in [-0.3, -0.25) is 0 Å². The Hall–Kier alpha value is -1.98. The number of carbonyl (C=O) groups excluding carboxylic acids is 1. The van der Waals surface area contributed by atoms with Gasteiger partial charge in [-0.25, -0.2) is 9.59 Å². The van der Waals surface area contributed by atoms with Crippen molar-refractivity contribution in [1.29, 1.82) is 0 Å². The van der Waals surface area contributed by atoms with Crippen molar-refractivity contribution >= 4 is 17.7 Å². The van der Waals surface area contributed by atoms with Crippen molar-refractivity contribution in [3.05, 3.63) is 17.5 Å². The Labute approximate surface area is 118 Å². The van der Waals surface area contributed by atoms with Crippen molar-refractivity contribution in [3.63, 3.8) is 0 Å². The van der Waals surface area contributed by atoms with Crippen molar-refractivity contribution in [2.24, 2.45) is 5.92 Å². The number of aromatic nitrogens is 1. The van der Waals surface area contributed by atoms with Crippen LogP contribution < -0.4 is 10.6 Å². The van der Waals surface area contributed by atoms with E-state index in [0.29, 0.717) is 17.3 Å². The maximum atomic E-state index is 12.0. The lowest BCUT2D eigenvalue weighted by Gasteiger charge is -2.29. The molecule has 1 saturated carbocycles. The maximum Gasteiger partial charge on any atom is 0.354 e. The fourth-order valence-corrected chi connectivity index (χ4v) is 2.71. The number of carboxylic acids is 1. The van der Waals surface area contributed by atoms with Crippen molar-refractivity contribution in [2.75, 3.05) is 5.32 Å². The SMILES string of the molecule is Cc1cc(NC(=O)NC2CCCCC2C)c(C(=O)O)[nH]1. The fraction of sp³-hybridized carbons (Fsp3) is 0.571. The number of hydrogen-bond donors (Lipinski definition) is 4. The molecule has 6 heteroatoms. The molecule has 2 amide bonds. The summed E-state index contributed by atoms with van der Waals surface area (Å²) in [5, 5.41) is 14.6. The zero-order valence-electron chi connectivity index (χ0n) is 11.8. The number of urea groups is 1. The molecule has 0 radical (unpaired) electrons. The van der Waals surface area contributed by atoms with E-state index in [9.17, 15) is 9.59 Å². The van der Waals surface area contributed by atoms with Gasteiger partial charge in [0.25, 0.3) is 0 Å². The van der Waals surface area contributed by atoms with E-state index in [-0.39, 0.29) is 17.8 Å². The molecule has 2 atom stereocenters. The van der Waals surface area contributed by atoms with Crippen LogP contribution in [0, 0.1) is 12.8 Å². The number of hydrogen-bond acceptors (Lipinski definition) is 2. The highest BCUT2D eigenvalue weighted by Crippen LogP contribution is 2.24. The van der Waals surface area contributed by atoms with Gasteiger partial charge in [-0.1, -0.05) is 19.8 Å². The minimum Gasteiger partial charge on any atom is -0.477 e. The molecule has 4 N–H and O–H groups in total. The van der Waals surface area contributed by atoms with Crippen LogP contribution in [0.2, 0.25) is 0 Å². The lowest BCUT2D eigenvalue weighted by atomic mass is 9.86. The van der Waals surface area contributed by atoms with E-state index < -0.39 is 5.97 Å². The van der Waals surface area contributed by atoms with Gasteiger partial charge >= 0.3 is 12.0 Å². The van der Waals surface area contributed by atoms with Crippen LogP contribution in [-0.4, -0.2) is 28.1 Å². The van der Waals surface area contributed by atoms with Crippen molar-refractivity contribution in [1.82, 2.24) is 10.3 Å². The Balaban J connectivity index is 1.99. The van der Waals surface area contributed by atoms with Gasteiger partial charge in [0.15, 0.2) is 0 Å². The normalized spacial score (nSPS) is 22.3. The van der Waals surface area contributed by atoms with Gasteiger partial charge in [-0.2, -0.15) is 0 Å². The molecule has 0 saturated heterocycles. The third kappa shape index (κ3) is 3.31. The third-order valence-electron chi connectivity index (χ3n) is 3.84. The zero-order chi connectivity index (χ0) is 14.7. The van der Waals surface area contributed by atoms with Gasteiger partial charge in [0, 0.05) is 11.7 Å². The van der Waals surface area contributed by atoms with Crippen molar-refractivity contribution in [3.8, 4) is 0 Å². The molecule has 0 bridgehead atoms. The molecule has 1 aliphatic rings. The number of aromatic amines is 1. The molecule has 2 rings (SSSR count). The standard InChI is InChI=1S/C14H21N3O3/c1-8-5-3-4-6-10(8)16-14(20)17-11-7-9(2)15-12(11)13(18)19/h7-8,10,15H,3-6H2,1-2H3,(H,18,19)(H2,16,17,20). The van der Waals surface area contributed by atoms with E-state index in [1.807, 2.05) is 0 Å².